The van der Waals surface area contributed by atoms with Crippen LogP contribution < -0.4 is 10.2 Å². The van der Waals surface area contributed by atoms with Gasteiger partial charge in [0, 0.05) is 11.9 Å². The molecule has 0 aliphatic rings. The Morgan fingerprint density at radius 1 is 1.00 bits per heavy atom. The molecule has 56 valence electrons. The van der Waals surface area contributed by atoms with Gasteiger partial charge in [0.1, 0.15) is 0 Å². The zero-order valence-electron chi connectivity index (χ0n) is 5.54. The molecule has 6 heteroatoms. The Morgan fingerprint density at radius 3 is 1.00 bits per heavy atom. The van der Waals surface area contributed by atoms with E-state index in [1.54, 1.807) is 0 Å². The number of aliphatic carboxylic acids is 2. The monoisotopic (exact) mass is 254 g/mol. The van der Waals surface area contributed by atoms with Gasteiger partial charge in [-0.05, 0) is 13.8 Å². The van der Waals surface area contributed by atoms with Gasteiger partial charge >= 0.3 is 25.6 Å². The third kappa shape index (κ3) is 1510. The second-order valence-corrected chi connectivity index (χ2v) is 0.983. The van der Waals surface area contributed by atoms with Crippen LogP contribution in [0.25, 0.3) is 0 Å². The van der Waals surface area contributed by atoms with Crippen LogP contribution in [0.2, 0.25) is 0 Å². The third-order valence-corrected chi connectivity index (χ3v) is 0. The maximum atomic E-state index is 8.89. The zero-order chi connectivity index (χ0) is 9.15. The fourth-order valence-corrected chi connectivity index (χ4v) is 0. The summed E-state index contributed by atoms with van der Waals surface area (Å²) in [4.78, 5) is 17.8. The van der Waals surface area contributed by atoms with E-state index >= 15 is 0 Å². The molecule has 0 aliphatic heterocycles. The summed E-state index contributed by atoms with van der Waals surface area (Å²) in [7, 11) is 0. The van der Waals surface area contributed by atoms with Crippen LogP contribution in [0.5, 0.6) is 0 Å². The first-order valence-electron chi connectivity index (χ1n) is 2.02. The molecule has 0 fully saturated rings. The van der Waals surface area contributed by atoms with Gasteiger partial charge in [0.2, 0.25) is 0 Å². The quantitative estimate of drug-likeness (QED) is 0.429. The van der Waals surface area contributed by atoms with Gasteiger partial charge in [-0.3, -0.25) is 0 Å². The summed E-state index contributed by atoms with van der Waals surface area (Å²) in [5, 5.41) is 17.8. The van der Waals surface area contributed by atoms with Gasteiger partial charge < -0.3 is 19.8 Å². The molecule has 0 saturated heterocycles. The number of carboxylic acid groups (broad SMARTS) is 2. The minimum atomic E-state index is -1.08. The third-order valence-electron chi connectivity index (χ3n) is 0. The Kier molecular flexibility index (Phi) is 25.7. The molecule has 0 atom stereocenters. The average molecular weight is 253 g/mol. The van der Waals surface area contributed by atoms with Gasteiger partial charge in [0.25, 0.3) is 0 Å². The molecule has 0 aromatic rings. The van der Waals surface area contributed by atoms with Crippen LogP contribution in [0.3, 0.4) is 0 Å². The molecular formula is C4H6O5Sn. The van der Waals surface area contributed by atoms with E-state index in [1.165, 1.54) is 0 Å². The van der Waals surface area contributed by atoms with E-state index < -0.39 is 11.9 Å². The van der Waals surface area contributed by atoms with Crippen molar-refractivity contribution in [3.63, 3.8) is 0 Å². The van der Waals surface area contributed by atoms with Crippen LogP contribution in [0, 0.1) is 0 Å². The molecule has 0 radical (unpaired) electrons. The molecule has 0 N–H and O–H groups in total. The van der Waals surface area contributed by atoms with Crippen LogP contribution in [0.4, 0.5) is 0 Å². The van der Waals surface area contributed by atoms with Crippen LogP contribution in [0.1, 0.15) is 13.8 Å². The molecule has 0 saturated carbocycles. The van der Waals surface area contributed by atoms with Gasteiger partial charge in [-0.2, -0.15) is 0 Å². The van der Waals surface area contributed by atoms with Gasteiger partial charge in [-0.15, -0.1) is 0 Å². The van der Waals surface area contributed by atoms with Crippen molar-refractivity contribution in [3.8, 4) is 0 Å². The van der Waals surface area contributed by atoms with Crippen molar-refractivity contribution in [1.82, 2.24) is 0 Å². The van der Waals surface area contributed by atoms with E-state index in [9.17, 15) is 0 Å². The Labute approximate surface area is 71.5 Å². The summed E-state index contributed by atoms with van der Waals surface area (Å²) in [6.45, 7) is 1.94. The molecule has 0 aromatic carbocycles. The van der Waals surface area contributed by atoms with Gasteiger partial charge in [0.15, 0.2) is 0 Å². The number of carbonyl (C=O) groups excluding carboxylic acids is 2. The van der Waals surface area contributed by atoms with Crippen LogP contribution in [0.15, 0.2) is 0 Å². The fraction of sp³-hybridized carbons (Fsp3) is 0.500. The number of hydrogen-bond acceptors (Lipinski definition) is 5. The van der Waals surface area contributed by atoms with E-state index in [4.69, 9.17) is 22.9 Å². The molecular weight excluding hydrogens is 247 g/mol. The van der Waals surface area contributed by atoms with Crippen molar-refractivity contribution in [3.05, 3.63) is 0 Å². The molecule has 5 nitrogen and oxygen atoms in total. The summed E-state index contributed by atoms with van der Waals surface area (Å²) in [5.41, 5.74) is 0. The first-order valence-corrected chi connectivity index (χ1v) is 3.19. The summed E-state index contributed by atoms with van der Waals surface area (Å²) in [6, 6.07) is 0. The van der Waals surface area contributed by atoms with Crippen molar-refractivity contribution in [1.29, 1.82) is 0 Å². The SMILES string of the molecule is CC(=O)[O-].CC(=O)[O-].[O]=[Sn+2]. The van der Waals surface area contributed by atoms with Gasteiger partial charge in [0.05, 0.1) is 0 Å². The number of hydrogen-bond donors (Lipinski definition) is 0. The standard InChI is InChI=1S/2C2H4O2.O.Sn/c2*1-2(3)4;;/h2*1H3,(H,3,4);;/q;;;+2/p-2. The van der Waals surface area contributed by atoms with Crippen molar-refractivity contribution >= 4 is 34.4 Å². The maximum absolute atomic E-state index is 8.89. The Morgan fingerprint density at radius 2 is 1.00 bits per heavy atom. The van der Waals surface area contributed by atoms with E-state index in [0.717, 1.165) is 13.8 Å². The second kappa shape index (κ2) is 15.8. The first kappa shape index (κ1) is 16.3. The zero-order valence-corrected chi connectivity index (χ0v) is 8.40. The molecule has 0 amide bonds. The van der Waals surface area contributed by atoms with E-state index in [1.807, 2.05) is 0 Å². The summed E-state index contributed by atoms with van der Waals surface area (Å²) < 4.78 is 8.34. The number of carbonyl (C=O) groups is 2. The summed E-state index contributed by atoms with van der Waals surface area (Å²) in [6.07, 6.45) is 0. The normalized spacial score (nSPS) is 5.60. The first-order chi connectivity index (χ1) is 4.46. The summed E-state index contributed by atoms with van der Waals surface area (Å²) in [5.74, 6) is -2.17. The van der Waals surface area contributed by atoms with Crippen molar-refractivity contribution in [2.24, 2.45) is 0 Å². The van der Waals surface area contributed by atoms with E-state index in [-0.39, 0.29) is 0 Å². The van der Waals surface area contributed by atoms with Gasteiger partial charge in [-0.1, -0.05) is 0 Å². The number of rotatable bonds is 0. The molecule has 0 rings (SSSR count). The molecule has 0 aliphatic carbocycles. The predicted molar refractivity (Wildman–Crippen MR) is 27.8 cm³/mol. The Balaban J connectivity index is -0.0000000787. The average Bonchev–Trinajstić information content (AvgIpc) is 1.66. The van der Waals surface area contributed by atoms with E-state index in [0.29, 0.717) is 22.5 Å². The minimum absolute atomic E-state index is 0.300. The molecule has 0 aromatic heterocycles. The van der Waals surface area contributed by atoms with Crippen LogP contribution in [-0.2, 0) is 12.7 Å². The topological polar surface area (TPSA) is 97.3 Å². The van der Waals surface area contributed by atoms with Crippen molar-refractivity contribution < 1.29 is 22.9 Å². The molecule has 0 spiro atoms. The van der Waals surface area contributed by atoms with Crippen LogP contribution >= 0.6 is 0 Å². The molecule has 0 bridgehead atoms. The Bertz CT molecular complexity index is 81.8. The van der Waals surface area contributed by atoms with Crippen molar-refractivity contribution in [2.75, 3.05) is 0 Å². The van der Waals surface area contributed by atoms with Crippen molar-refractivity contribution in [2.45, 2.75) is 13.8 Å². The molecule has 0 unspecified atom stereocenters. The second-order valence-electron chi connectivity index (χ2n) is 0.983. The van der Waals surface area contributed by atoms with E-state index in [2.05, 4.69) is 0 Å². The van der Waals surface area contributed by atoms with Crippen LogP contribution in [-0.4, -0.2) is 34.4 Å². The fourth-order valence-electron chi connectivity index (χ4n) is 0. The predicted octanol–water partition coefficient (Wildman–Crippen LogP) is -2.99. The Hall–Kier alpha value is -0.461. The number of carboxylic acids is 2. The molecule has 0 heterocycles. The molecule has 10 heavy (non-hydrogen) atoms. The summed E-state index contributed by atoms with van der Waals surface area (Å²) >= 11 is 0.300. The van der Waals surface area contributed by atoms with Gasteiger partial charge in [-0.25, -0.2) is 0 Å².